The van der Waals surface area contributed by atoms with E-state index in [9.17, 15) is 22.8 Å². The average Bonchev–Trinajstić information content (AvgIpc) is 3.55. The lowest BCUT2D eigenvalue weighted by Crippen LogP contribution is -2.15. The molecule has 0 saturated heterocycles. The molecule has 1 heterocycles. The van der Waals surface area contributed by atoms with E-state index in [1.165, 1.54) is 13.2 Å². The Hall–Kier alpha value is -3.10. The first-order valence-electron chi connectivity index (χ1n) is 9.88. The SMILES string of the molecule is COc1cc(C(F)(F)F)ccc1OCCCC(=O)c1cc(C)nc(NC(=O)C2CC2)c1. The molecule has 1 fully saturated rings. The maximum Gasteiger partial charge on any atom is 0.416 e. The summed E-state index contributed by atoms with van der Waals surface area (Å²) in [6.45, 7) is 1.87. The van der Waals surface area contributed by atoms with E-state index in [2.05, 4.69) is 10.3 Å². The zero-order chi connectivity index (χ0) is 22.6. The van der Waals surface area contributed by atoms with Gasteiger partial charge in [0.2, 0.25) is 5.91 Å². The van der Waals surface area contributed by atoms with Crippen molar-refractivity contribution in [2.75, 3.05) is 19.0 Å². The fraction of sp³-hybridized carbons (Fsp3) is 0.409. The van der Waals surface area contributed by atoms with Crippen molar-refractivity contribution >= 4 is 17.5 Å². The molecule has 1 aliphatic rings. The molecule has 0 atom stereocenters. The van der Waals surface area contributed by atoms with Crippen LogP contribution in [0.1, 0.15) is 47.3 Å². The number of ether oxygens (including phenoxy) is 2. The second-order valence-corrected chi connectivity index (χ2v) is 7.38. The number of pyridine rings is 1. The standard InChI is InChI=1S/C22H23F3N2O4/c1-13-10-15(11-20(26-13)27-21(29)14-5-6-14)17(28)4-3-9-31-18-8-7-16(22(23,24)25)12-19(18)30-2/h7-8,10-12,14H,3-6,9H2,1-2H3,(H,26,27,29). The Bertz CT molecular complexity index is 972. The first kappa shape index (κ1) is 22.6. The van der Waals surface area contributed by atoms with Gasteiger partial charge in [0.05, 0.1) is 19.3 Å². The summed E-state index contributed by atoms with van der Waals surface area (Å²) in [7, 11) is 1.26. The molecule has 0 bridgehead atoms. The minimum atomic E-state index is -4.47. The molecule has 3 rings (SSSR count). The third kappa shape index (κ3) is 6.19. The summed E-state index contributed by atoms with van der Waals surface area (Å²) < 4.78 is 48.9. The van der Waals surface area contributed by atoms with Crippen LogP contribution < -0.4 is 14.8 Å². The van der Waals surface area contributed by atoms with Gasteiger partial charge in [0.25, 0.3) is 0 Å². The summed E-state index contributed by atoms with van der Waals surface area (Å²) in [6, 6.07) is 6.19. The average molecular weight is 436 g/mol. The summed E-state index contributed by atoms with van der Waals surface area (Å²) >= 11 is 0. The smallest absolute Gasteiger partial charge is 0.416 e. The Morgan fingerprint density at radius 1 is 1.16 bits per heavy atom. The maximum absolute atomic E-state index is 12.8. The maximum atomic E-state index is 12.8. The molecule has 0 unspecified atom stereocenters. The second-order valence-electron chi connectivity index (χ2n) is 7.38. The molecule has 31 heavy (non-hydrogen) atoms. The highest BCUT2D eigenvalue weighted by Crippen LogP contribution is 2.36. The first-order chi connectivity index (χ1) is 14.7. The van der Waals surface area contributed by atoms with E-state index in [1.807, 2.05) is 0 Å². The highest BCUT2D eigenvalue weighted by atomic mass is 19.4. The number of benzene rings is 1. The quantitative estimate of drug-likeness (QED) is 0.451. The van der Waals surface area contributed by atoms with Crippen LogP contribution in [0.15, 0.2) is 30.3 Å². The summed E-state index contributed by atoms with van der Waals surface area (Å²) in [4.78, 5) is 28.7. The predicted octanol–water partition coefficient (Wildman–Crippen LogP) is 4.81. The Labute approximate surface area is 177 Å². The molecule has 1 amide bonds. The number of methoxy groups -OCH3 is 1. The number of carbonyl (C=O) groups is 2. The zero-order valence-corrected chi connectivity index (χ0v) is 17.2. The number of halogens is 3. The van der Waals surface area contributed by atoms with Crippen molar-refractivity contribution in [3.63, 3.8) is 0 Å². The number of nitrogens with zero attached hydrogens (tertiary/aromatic N) is 1. The fourth-order valence-electron chi connectivity index (χ4n) is 2.99. The number of aryl methyl sites for hydroxylation is 1. The summed E-state index contributed by atoms with van der Waals surface area (Å²) in [5.41, 5.74) is 0.220. The predicted molar refractivity (Wildman–Crippen MR) is 107 cm³/mol. The van der Waals surface area contributed by atoms with Crippen molar-refractivity contribution in [1.29, 1.82) is 0 Å². The number of anilines is 1. The van der Waals surface area contributed by atoms with Crippen LogP contribution in [0.25, 0.3) is 0 Å². The minimum Gasteiger partial charge on any atom is -0.493 e. The van der Waals surface area contributed by atoms with Crippen LogP contribution in [0.5, 0.6) is 11.5 Å². The number of rotatable bonds is 9. The van der Waals surface area contributed by atoms with E-state index < -0.39 is 11.7 Å². The monoisotopic (exact) mass is 436 g/mol. The van der Waals surface area contributed by atoms with Crippen LogP contribution in [-0.4, -0.2) is 30.4 Å². The van der Waals surface area contributed by atoms with Crippen molar-refractivity contribution in [3.8, 4) is 11.5 Å². The molecule has 9 heteroatoms. The van der Waals surface area contributed by atoms with Crippen molar-refractivity contribution < 1.29 is 32.2 Å². The van der Waals surface area contributed by atoms with Gasteiger partial charge in [0, 0.05) is 23.6 Å². The molecule has 0 spiro atoms. The van der Waals surface area contributed by atoms with Gasteiger partial charge in [-0.05, 0) is 56.5 Å². The minimum absolute atomic E-state index is 0.0260. The summed E-state index contributed by atoms with van der Waals surface area (Å²) in [5, 5.41) is 2.74. The van der Waals surface area contributed by atoms with E-state index in [0.717, 1.165) is 25.0 Å². The van der Waals surface area contributed by atoms with Crippen LogP contribution in [0.4, 0.5) is 19.0 Å². The van der Waals surface area contributed by atoms with Crippen LogP contribution in [0.3, 0.4) is 0 Å². The first-order valence-corrected chi connectivity index (χ1v) is 9.88. The van der Waals surface area contributed by atoms with Gasteiger partial charge in [-0.1, -0.05) is 0 Å². The molecule has 0 aliphatic heterocycles. The van der Waals surface area contributed by atoms with Gasteiger partial charge in [-0.15, -0.1) is 0 Å². The molecular formula is C22H23F3N2O4. The Kier molecular flexibility index (Phi) is 6.82. The van der Waals surface area contributed by atoms with Crippen LogP contribution in [-0.2, 0) is 11.0 Å². The van der Waals surface area contributed by atoms with Crippen molar-refractivity contribution in [3.05, 3.63) is 47.2 Å². The van der Waals surface area contributed by atoms with Gasteiger partial charge in [-0.3, -0.25) is 9.59 Å². The van der Waals surface area contributed by atoms with Crippen molar-refractivity contribution in [1.82, 2.24) is 4.98 Å². The Balaban J connectivity index is 1.54. The van der Waals surface area contributed by atoms with Crippen molar-refractivity contribution in [2.24, 2.45) is 5.92 Å². The van der Waals surface area contributed by atoms with Gasteiger partial charge >= 0.3 is 6.18 Å². The zero-order valence-electron chi connectivity index (χ0n) is 17.2. The molecular weight excluding hydrogens is 413 g/mol. The number of amides is 1. The van der Waals surface area contributed by atoms with E-state index in [1.54, 1.807) is 19.1 Å². The van der Waals surface area contributed by atoms with Gasteiger partial charge in [0.15, 0.2) is 17.3 Å². The summed E-state index contributed by atoms with van der Waals surface area (Å²) in [6.07, 6.45) is -2.21. The van der Waals surface area contributed by atoms with Crippen LogP contribution >= 0.6 is 0 Å². The number of nitrogens with one attached hydrogen (secondary N) is 1. The number of alkyl halides is 3. The lowest BCUT2D eigenvalue weighted by Gasteiger charge is -2.13. The fourth-order valence-corrected chi connectivity index (χ4v) is 2.99. The van der Waals surface area contributed by atoms with E-state index in [0.29, 0.717) is 23.5 Å². The summed E-state index contributed by atoms with van der Waals surface area (Å²) in [5.74, 6) is 0.298. The molecule has 1 aliphatic carbocycles. The van der Waals surface area contributed by atoms with E-state index in [4.69, 9.17) is 9.47 Å². The molecule has 2 aromatic rings. The second kappa shape index (κ2) is 9.36. The van der Waals surface area contributed by atoms with Crippen LogP contribution in [0, 0.1) is 12.8 Å². The lowest BCUT2D eigenvalue weighted by molar-refractivity contribution is -0.137. The third-order valence-corrected chi connectivity index (χ3v) is 4.77. The third-order valence-electron chi connectivity index (χ3n) is 4.77. The Morgan fingerprint density at radius 2 is 1.90 bits per heavy atom. The van der Waals surface area contributed by atoms with E-state index >= 15 is 0 Å². The molecule has 1 saturated carbocycles. The number of hydrogen-bond acceptors (Lipinski definition) is 5. The number of aromatic nitrogens is 1. The number of carbonyl (C=O) groups excluding carboxylic acids is 2. The van der Waals surface area contributed by atoms with Gasteiger partial charge in [0.1, 0.15) is 5.82 Å². The lowest BCUT2D eigenvalue weighted by atomic mass is 10.1. The normalized spacial score (nSPS) is 13.6. The molecule has 1 N–H and O–H groups in total. The molecule has 1 aromatic carbocycles. The molecule has 0 radical (unpaired) electrons. The molecule has 1 aromatic heterocycles. The van der Waals surface area contributed by atoms with Gasteiger partial charge in [-0.25, -0.2) is 4.98 Å². The number of ketones is 1. The van der Waals surface area contributed by atoms with Crippen molar-refractivity contribution in [2.45, 2.75) is 38.8 Å². The molecule has 6 nitrogen and oxygen atoms in total. The Morgan fingerprint density at radius 3 is 2.55 bits per heavy atom. The van der Waals surface area contributed by atoms with Gasteiger partial charge < -0.3 is 14.8 Å². The molecule has 166 valence electrons. The highest BCUT2D eigenvalue weighted by Gasteiger charge is 2.31. The van der Waals surface area contributed by atoms with Crippen LogP contribution in [0.2, 0.25) is 0 Å². The highest BCUT2D eigenvalue weighted by molar-refractivity contribution is 5.98. The van der Waals surface area contributed by atoms with E-state index in [-0.39, 0.29) is 42.1 Å². The number of hydrogen-bond donors (Lipinski definition) is 1. The number of Topliss-reactive ketones (excluding diaryl/α,β-unsaturated/α-hetero) is 1. The topological polar surface area (TPSA) is 77.5 Å². The largest absolute Gasteiger partial charge is 0.493 e. The van der Waals surface area contributed by atoms with Gasteiger partial charge in [-0.2, -0.15) is 13.2 Å².